The Morgan fingerprint density at radius 1 is 1.30 bits per heavy atom. The van der Waals surface area contributed by atoms with Crippen LogP contribution in [-0.2, 0) is 4.74 Å². The number of benzene rings is 1. The molecule has 0 bridgehead atoms. The highest BCUT2D eigenvalue weighted by atomic mass is 35.5. The molecule has 0 aliphatic rings. The first kappa shape index (κ1) is 15.0. The van der Waals surface area contributed by atoms with Crippen LogP contribution in [0.1, 0.15) is 20.3 Å². The summed E-state index contributed by atoms with van der Waals surface area (Å²) in [5.74, 6) is 1.43. The molecule has 2 rings (SSSR count). The molecule has 2 aromatic rings. The second-order valence-electron chi connectivity index (χ2n) is 5.13. The molecule has 108 valence electrons. The zero-order valence-electron chi connectivity index (χ0n) is 11.9. The van der Waals surface area contributed by atoms with E-state index in [1.54, 1.807) is 6.33 Å². The lowest BCUT2D eigenvalue weighted by molar-refractivity contribution is 0.110. The number of ether oxygens (including phenoxy) is 1. The number of halogens is 1. The van der Waals surface area contributed by atoms with Crippen LogP contribution in [0.2, 0.25) is 5.02 Å². The number of rotatable bonds is 7. The van der Waals surface area contributed by atoms with Crippen molar-refractivity contribution >= 4 is 28.3 Å². The highest BCUT2D eigenvalue weighted by Crippen LogP contribution is 2.22. The monoisotopic (exact) mass is 293 g/mol. The van der Waals surface area contributed by atoms with Gasteiger partial charge in [-0.1, -0.05) is 25.4 Å². The molecule has 0 radical (unpaired) electrons. The van der Waals surface area contributed by atoms with Gasteiger partial charge in [0.25, 0.3) is 0 Å². The molecule has 0 aliphatic heterocycles. The molecule has 1 aromatic heterocycles. The summed E-state index contributed by atoms with van der Waals surface area (Å²) in [7, 11) is 0. The van der Waals surface area contributed by atoms with Crippen molar-refractivity contribution in [3.05, 3.63) is 29.5 Å². The van der Waals surface area contributed by atoms with Crippen molar-refractivity contribution in [1.29, 1.82) is 0 Å². The van der Waals surface area contributed by atoms with Crippen LogP contribution in [0.25, 0.3) is 10.9 Å². The number of fused-ring (bicyclic) bond motifs is 1. The fourth-order valence-corrected chi connectivity index (χ4v) is 2.04. The zero-order valence-corrected chi connectivity index (χ0v) is 12.7. The molecule has 0 amide bonds. The van der Waals surface area contributed by atoms with E-state index in [4.69, 9.17) is 16.3 Å². The van der Waals surface area contributed by atoms with Gasteiger partial charge in [0.1, 0.15) is 12.1 Å². The van der Waals surface area contributed by atoms with Crippen molar-refractivity contribution in [3.8, 4) is 0 Å². The van der Waals surface area contributed by atoms with Crippen molar-refractivity contribution in [2.45, 2.75) is 20.3 Å². The summed E-state index contributed by atoms with van der Waals surface area (Å²) in [5, 5.41) is 4.99. The van der Waals surface area contributed by atoms with Gasteiger partial charge < -0.3 is 10.1 Å². The summed E-state index contributed by atoms with van der Waals surface area (Å²) >= 11 is 5.96. The Bertz CT molecular complexity index is 560. The summed E-state index contributed by atoms with van der Waals surface area (Å²) in [6.07, 6.45) is 2.50. The molecule has 5 heteroatoms. The van der Waals surface area contributed by atoms with Crippen LogP contribution in [0.15, 0.2) is 24.5 Å². The van der Waals surface area contributed by atoms with Gasteiger partial charge in [-0.2, -0.15) is 0 Å². The Labute approximate surface area is 124 Å². The number of hydrogen-bond acceptors (Lipinski definition) is 4. The molecule has 1 N–H and O–H groups in total. The minimum Gasteiger partial charge on any atom is -0.381 e. The third-order valence-corrected chi connectivity index (χ3v) is 3.04. The molecule has 0 spiro atoms. The van der Waals surface area contributed by atoms with Crippen LogP contribution >= 0.6 is 11.6 Å². The lowest BCUT2D eigenvalue weighted by Crippen LogP contribution is -2.09. The van der Waals surface area contributed by atoms with Gasteiger partial charge in [0.2, 0.25) is 0 Å². The summed E-state index contributed by atoms with van der Waals surface area (Å²) in [6, 6.07) is 5.63. The van der Waals surface area contributed by atoms with Gasteiger partial charge in [-0.15, -0.1) is 0 Å². The molecule has 20 heavy (non-hydrogen) atoms. The highest BCUT2D eigenvalue weighted by Gasteiger charge is 2.03. The lowest BCUT2D eigenvalue weighted by atomic mass is 10.2. The van der Waals surface area contributed by atoms with Crippen molar-refractivity contribution in [1.82, 2.24) is 9.97 Å². The van der Waals surface area contributed by atoms with Gasteiger partial charge in [-0.3, -0.25) is 0 Å². The van der Waals surface area contributed by atoms with E-state index in [1.807, 2.05) is 18.2 Å². The van der Waals surface area contributed by atoms with Crippen molar-refractivity contribution < 1.29 is 4.74 Å². The minimum atomic E-state index is 0.582. The highest BCUT2D eigenvalue weighted by molar-refractivity contribution is 6.31. The van der Waals surface area contributed by atoms with E-state index in [-0.39, 0.29) is 0 Å². The van der Waals surface area contributed by atoms with E-state index in [0.717, 1.165) is 42.9 Å². The maximum Gasteiger partial charge on any atom is 0.137 e. The largest absolute Gasteiger partial charge is 0.381 e. The van der Waals surface area contributed by atoms with Gasteiger partial charge in [0.05, 0.1) is 5.52 Å². The van der Waals surface area contributed by atoms with Crippen LogP contribution in [-0.4, -0.2) is 29.7 Å². The fraction of sp³-hybridized carbons (Fsp3) is 0.467. The minimum absolute atomic E-state index is 0.582. The van der Waals surface area contributed by atoms with Gasteiger partial charge in [-0.25, -0.2) is 9.97 Å². The molecule has 0 fully saturated rings. The average molecular weight is 294 g/mol. The smallest absolute Gasteiger partial charge is 0.137 e. The summed E-state index contributed by atoms with van der Waals surface area (Å²) < 4.78 is 5.55. The quantitative estimate of drug-likeness (QED) is 0.790. The van der Waals surface area contributed by atoms with Gasteiger partial charge >= 0.3 is 0 Å². The van der Waals surface area contributed by atoms with E-state index in [0.29, 0.717) is 10.9 Å². The van der Waals surface area contributed by atoms with Crippen molar-refractivity contribution in [2.24, 2.45) is 5.92 Å². The van der Waals surface area contributed by atoms with Gasteiger partial charge in [0, 0.05) is 30.2 Å². The molecule has 1 aromatic carbocycles. The molecule has 0 saturated heterocycles. The number of aromatic nitrogens is 2. The van der Waals surface area contributed by atoms with E-state index in [9.17, 15) is 0 Å². The Morgan fingerprint density at radius 2 is 2.15 bits per heavy atom. The van der Waals surface area contributed by atoms with Crippen LogP contribution in [0.4, 0.5) is 5.82 Å². The molecule has 1 heterocycles. The SMILES string of the molecule is CC(C)COCCCNc1ncnc2cc(Cl)ccc12. The first-order valence-corrected chi connectivity index (χ1v) is 7.26. The maximum absolute atomic E-state index is 5.96. The molecule has 0 saturated carbocycles. The Balaban J connectivity index is 1.87. The van der Waals surface area contributed by atoms with Crippen LogP contribution in [0.5, 0.6) is 0 Å². The Kier molecular flexibility index (Phi) is 5.56. The fourth-order valence-electron chi connectivity index (χ4n) is 1.87. The lowest BCUT2D eigenvalue weighted by Gasteiger charge is -2.09. The number of nitrogens with zero attached hydrogens (tertiary/aromatic N) is 2. The number of anilines is 1. The first-order chi connectivity index (χ1) is 9.66. The maximum atomic E-state index is 5.96. The summed E-state index contributed by atoms with van der Waals surface area (Å²) in [4.78, 5) is 8.50. The molecule has 0 atom stereocenters. The Morgan fingerprint density at radius 3 is 2.95 bits per heavy atom. The topological polar surface area (TPSA) is 47.0 Å². The van der Waals surface area contributed by atoms with Gasteiger partial charge in [0.15, 0.2) is 0 Å². The second-order valence-corrected chi connectivity index (χ2v) is 5.57. The second kappa shape index (κ2) is 7.41. The van der Waals surface area contributed by atoms with Crippen LogP contribution in [0.3, 0.4) is 0 Å². The average Bonchev–Trinajstić information content (AvgIpc) is 2.42. The molecular weight excluding hydrogens is 274 g/mol. The third-order valence-electron chi connectivity index (χ3n) is 2.81. The van der Waals surface area contributed by atoms with E-state index < -0.39 is 0 Å². The zero-order chi connectivity index (χ0) is 14.4. The van der Waals surface area contributed by atoms with E-state index in [1.165, 1.54) is 0 Å². The van der Waals surface area contributed by atoms with Crippen molar-refractivity contribution in [3.63, 3.8) is 0 Å². The summed E-state index contributed by atoms with van der Waals surface area (Å²) in [5.41, 5.74) is 0.853. The third kappa shape index (κ3) is 4.32. The number of nitrogens with one attached hydrogen (secondary N) is 1. The number of hydrogen-bond donors (Lipinski definition) is 1. The normalized spacial score (nSPS) is 11.2. The predicted octanol–water partition coefficient (Wildman–Crippen LogP) is 3.76. The summed E-state index contributed by atoms with van der Waals surface area (Å²) in [6.45, 7) is 6.70. The van der Waals surface area contributed by atoms with Crippen molar-refractivity contribution in [2.75, 3.05) is 25.1 Å². The predicted molar refractivity (Wildman–Crippen MR) is 83.3 cm³/mol. The van der Waals surface area contributed by atoms with E-state index >= 15 is 0 Å². The Hall–Kier alpha value is -1.39. The molecule has 0 unspecified atom stereocenters. The standard InChI is InChI=1S/C15H20ClN3O/c1-11(2)9-20-7-3-6-17-15-13-5-4-12(16)8-14(13)18-10-19-15/h4-5,8,10-11H,3,6-7,9H2,1-2H3,(H,17,18,19). The molecular formula is C15H20ClN3O. The molecule has 0 aliphatic carbocycles. The van der Waals surface area contributed by atoms with E-state index in [2.05, 4.69) is 29.1 Å². The molecule has 4 nitrogen and oxygen atoms in total. The first-order valence-electron chi connectivity index (χ1n) is 6.88. The van der Waals surface area contributed by atoms with Crippen LogP contribution < -0.4 is 5.32 Å². The van der Waals surface area contributed by atoms with Gasteiger partial charge in [-0.05, 0) is 30.5 Å². The van der Waals surface area contributed by atoms with Crippen LogP contribution in [0, 0.1) is 5.92 Å².